The predicted molar refractivity (Wildman–Crippen MR) is 96.5 cm³/mol. The van der Waals surface area contributed by atoms with Gasteiger partial charge in [0.1, 0.15) is 0 Å². The monoisotopic (exact) mass is 386 g/mol. The summed E-state index contributed by atoms with van der Waals surface area (Å²) in [6.45, 7) is 4.87. The number of aliphatic carboxylic acids is 1. The van der Waals surface area contributed by atoms with Crippen LogP contribution in [0.2, 0.25) is 0 Å². The number of hydrogen-bond acceptors (Lipinski definition) is 5. The van der Waals surface area contributed by atoms with Crippen LogP contribution in [0.15, 0.2) is 29.2 Å². The zero-order valence-electron chi connectivity index (χ0n) is 15.3. The van der Waals surface area contributed by atoms with Crippen molar-refractivity contribution < 1.29 is 27.9 Å². The zero-order chi connectivity index (χ0) is 19.7. The molecule has 8 nitrogen and oxygen atoms in total. The average molecular weight is 386 g/mol. The number of carboxylic acids is 1. The van der Waals surface area contributed by atoms with Gasteiger partial charge in [0, 0.05) is 31.9 Å². The van der Waals surface area contributed by atoms with Crippen molar-refractivity contribution in [2.24, 2.45) is 5.92 Å². The van der Waals surface area contributed by atoms with E-state index in [1.165, 1.54) is 43.1 Å². The molecule has 0 saturated carbocycles. The summed E-state index contributed by atoms with van der Waals surface area (Å²) in [6.07, 6.45) is 0.581. The number of rotatable bonds is 11. The highest BCUT2D eigenvalue weighted by Crippen LogP contribution is 2.13. The Morgan fingerprint density at radius 1 is 1.27 bits per heavy atom. The maximum Gasteiger partial charge on any atom is 0.308 e. The van der Waals surface area contributed by atoms with E-state index in [1.807, 2.05) is 6.92 Å². The second-order valence-corrected chi connectivity index (χ2v) is 7.66. The van der Waals surface area contributed by atoms with E-state index in [-0.39, 0.29) is 17.3 Å². The van der Waals surface area contributed by atoms with Gasteiger partial charge in [-0.1, -0.05) is 6.92 Å². The van der Waals surface area contributed by atoms with Crippen molar-refractivity contribution in [3.05, 3.63) is 29.8 Å². The molecule has 0 heterocycles. The first kappa shape index (κ1) is 22.1. The minimum Gasteiger partial charge on any atom is -0.481 e. The highest BCUT2D eigenvalue weighted by atomic mass is 32.2. The van der Waals surface area contributed by atoms with Crippen molar-refractivity contribution in [3.63, 3.8) is 0 Å². The molecule has 0 aromatic heterocycles. The molecule has 0 aliphatic rings. The van der Waals surface area contributed by atoms with Gasteiger partial charge in [0.2, 0.25) is 10.0 Å². The summed E-state index contributed by atoms with van der Waals surface area (Å²) in [5.41, 5.74) is 0.300. The minimum atomic E-state index is -3.58. The summed E-state index contributed by atoms with van der Waals surface area (Å²) < 4.78 is 31.0. The van der Waals surface area contributed by atoms with Crippen molar-refractivity contribution in [1.29, 1.82) is 0 Å². The Morgan fingerprint density at radius 3 is 2.38 bits per heavy atom. The smallest absolute Gasteiger partial charge is 0.308 e. The highest BCUT2D eigenvalue weighted by Gasteiger charge is 2.22. The van der Waals surface area contributed by atoms with Crippen molar-refractivity contribution in [2.75, 3.05) is 33.4 Å². The molecule has 1 amide bonds. The molecule has 0 aliphatic heterocycles. The van der Waals surface area contributed by atoms with Crippen molar-refractivity contribution in [2.45, 2.75) is 25.2 Å². The third-order valence-electron chi connectivity index (χ3n) is 3.80. The second kappa shape index (κ2) is 10.2. The molecule has 0 bridgehead atoms. The summed E-state index contributed by atoms with van der Waals surface area (Å²) in [6, 6.07) is 5.54. The van der Waals surface area contributed by atoms with Crippen LogP contribution >= 0.6 is 0 Å². The first-order valence-corrected chi connectivity index (χ1v) is 9.84. The average Bonchev–Trinajstić information content (AvgIpc) is 2.63. The largest absolute Gasteiger partial charge is 0.481 e. The van der Waals surface area contributed by atoms with E-state index in [9.17, 15) is 18.0 Å². The number of benzene rings is 1. The van der Waals surface area contributed by atoms with Gasteiger partial charge < -0.3 is 14.7 Å². The van der Waals surface area contributed by atoms with E-state index in [2.05, 4.69) is 4.72 Å². The van der Waals surface area contributed by atoms with Crippen LogP contribution in [0.5, 0.6) is 0 Å². The molecular formula is C17H26N2O6S. The topological polar surface area (TPSA) is 113 Å². The Labute approximate surface area is 154 Å². The molecule has 146 valence electrons. The summed E-state index contributed by atoms with van der Waals surface area (Å²) in [5, 5.41) is 9.11. The highest BCUT2D eigenvalue weighted by molar-refractivity contribution is 7.89. The fraction of sp³-hybridized carbons (Fsp3) is 0.529. The Balaban J connectivity index is 2.93. The molecule has 0 spiro atoms. The fourth-order valence-corrected chi connectivity index (χ4v) is 2.99. The molecule has 26 heavy (non-hydrogen) atoms. The van der Waals surface area contributed by atoms with Gasteiger partial charge in [0.15, 0.2) is 0 Å². The lowest BCUT2D eigenvalue weighted by Gasteiger charge is -2.24. The number of carboxylic acid groups (broad SMARTS) is 1. The SMILES string of the molecule is CCOCCCN(CC(C)C(=O)O)C(=O)c1ccc(S(=O)(=O)NC)cc1. The number of nitrogens with one attached hydrogen (secondary N) is 1. The molecule has 9 heteroatoms. The van der Waals surface area contributed by atoms with E-state index >= 15 is 0 Å². The molecule has 1 aromatic rings. The lowest BCUT2D eigenvalue weighted by atomic mass is 10.1. The number of sulfonamides is 1. The quantitative estimate of drug-likeness (QED) is 0.552. The van der Waals surface area contributed by atoms with Crippen molar-refractivity contribution >= 4 is 21.9 Å². The van der Waals surface area contributed by atoms with Gasteiger partial charge in [-0.3, -0.25) is 9.59 Å². The van der Waals surface area contributed by atoms with Gasteiger partial charge in [-0.15, -0.1) is 0 Å². The maximum absolute atomic E-state index is 12.7. The van der Waals surface area contributed by atoms with Crippen LogP contribution in [0.3, 0.4) is 0 Å². The second-order valence-electron chi connectivity index (χ2n) is 5.77. The van der Waals surface area contributed by atoms with Gasteiger partial charge in [0.25, 0.3) is 5.91 Å². The van der Waals surface area contributed by atoms with Crippen LogP contribution in [0.25, 0.3) is 0 Å². The molecule has 1 rings (SSSR count). The normalized spacial score (nSPS) is 12.6. The van der Waals surface area contributed by atoms with Gasteiger partial charge in [0.05, 0.1) is 10.8 Å². The van der Waals surface area contributed by atoms with Crippen LogP contribution in [-0.2, 0) is 19.6 Å². The van der Waals surface area contributed by atoms with Crippen LogP contribution in [0.1, 0.15) is 30.6 Å². The molecule has 1 aromatic carbocycles. The minimum absolute atomic E-state index is 0.0540. The Morgan fingerprint density at radius 2 is 1.88 bits per heavy atom. The van der Waals surface area contributed by atoms with Crippen LogP contribution in [0, 0.1) is 5.92 Å². The maximum atomic E-state index is 12.7. The van der Waals surface area contributed by atoms with Crippen LogP contribution in [0.4, 0.5) is 0 Å². The van der Waals surface area contributed by atoms with Gasteiger partial charge in [-0.2, -0.15) is 0 Å². The molecular weight excluding hydrogens is 360 g/mol. The number of carbonyl (C=O) groups is 2. The van der Waals surface area contributed by atoms with E-state index in [1.54, 1.807) is 0 Å². The molecule has 1 unspecified atom stereocenters. The van der Waals surface area contributed by atoms with Gasteiger partial charge in [-0.05, 0) is 44.7 Å². The lowest BCUT2D eigenvalue weighted by molar-refractivity contribution is -0.141. The molecule has 0 saturated heterocycles. The number of hydrogen-bond donors (Lipinski definition) is 2. The Bertz CT molecular complexity index is 702. The standard InChI is InChI=1S/C17H26N2O6S/c1-4-25-11-5-10-19(12-13(2)17(21)22)16(20)14-6-8-15(9-7-14)26(23,24)18-3/h6-9,13,18H,4-5,10-12H2,1-3H3,(H,21,22). The van der Waals surface area contributed by atoms with Crippen LogP contribution in [-0.4, -0.2) is 63.7 Å². The zero-order valence-corrected chi connectivity index (χ0v) is 16.1. The Kier molecular flexibility index (Phi) is 8.70. The molecule has 0 aliphatic carbocycles. The van der Waals surface area contributed by atoms with E-state index in [0.717, 1.165) is 0 Å². The van der Waals surface area contributed by atoms with Crippen molar-refractivity contribution in [1.82, 2.24) is 9.62 Å². The van der Waals surface area contributed by atoms with Gasteiger partial charge in [-0.25, -0.2) is 13.1 Å². The summed E-state index contributed by atoms with van der Waals surface area (Å²) in [7, 11) is -2.27. The van der Waals surface area contributed by atoms with Crippen LogP contribution < -0.4 is 4.72 Å². The third kappa shape index (κ3) is 6.40. The number of amides is 1. The van der Waals surface area contributed by atoms with E-state index < -0.39 is 21.9 Å². The summed E-state index contributed by atoms with van der Waals surface area (Å²) in [5.74, 6) is -2.04. The molecule has 1 atom stereocenters. The van der Waals surface area contributed by atoms with E-state index in [0.29, 0.717) is 31.7 Å². The third-order valence-corrected chi connectivity index (χ3v) is 5.23. The van der Waals surface area contributed by atoms with Gasteiger partial charge >= 0.3 is 5.97 Å². The first-order valence-electron chi connectivity index (χ1n) is 8.36. The molecule has 0 fully saturated rings. The number of ether oxygens (including phenoxy) is 1. The molecule has 0 radical (unpaired) electrons. The molecule has 2 N–H and O–H groups in total. The number of nitrogens with zero attached hydrogens (tertiary/aromatic N) is 1. The first-order chi connectivity index (χ1) is 12.2. The fourth-order valence-electron chi connectivity index (χ4n) is 2.26. The lowest BCUT2D eigenvalue weighted by Crippen LogP contribution is -2.38. The summed E-state index contributed by atoms with van der Waals surface area (Å²) in [4.78, 5) is 25.4. The number of carbonyl (C=O) groups excluding carboxylic acids is 1. The van der Waals surface area contributed by atoms with E-state index in [4.69, 9.17) is 9.84 Å². The van der Waals surface area contributed by atoms with Crippen molar-refractivity contribution in [3.8, 4) is 0 Å². The predicted octanol–water partition coefficient (Wildman–Crippen LogP) is 1.18. The Hall–Kier alpha value is -1.97. The summed E-state index contributed by atoms with van der Waals surface area (Å²) >= 11 is 0.